The third-order valence-corrected chi connectivity index (χ3v) is 3.20. The van der Waals surface area contributed by atoms with Gasteiger partial charge in [-0.3, -0.25) is 0 Å². The van der Waals surface area contributed by atoms with Crippen LogP contribution in [0, 0.1) is 5.92 Å². The van der Waals surface area contributed by atoms with Crippen molar-refractivity contribution in [1.82, 2.24) is 0 Å². The van der Waals surface area contributed by atoms with E-state index in [0.29, 0.717) is 18.9 Å². The van der Waals surface area contributed by atoms with Gasteiger partial charge in [0.05, 0.1) is 6.61 Å². The highest BCUT2D eigenvalue weighted by Crippen LogP contribution is 2.30. The van der Waals surface area contributed by atoms with Gasteiger partial charge in [-0.1, -0.05) is 31.4 Å². The van der Waals surface area contributed by atoms with Gasteiger partial charge in [0, 0.05) is 6.42 Å². The van der Waals surface area contributed by atoms with Crippen LogP contribution in [0.4, 0.5) is 0 Å². The molecule has 1 saturated carbocycles. The highest BCUT2D eigenvalue weighted by atomic mass is 16.5. The Labute approximate surface area is 97.5 Å². The first-order valence-electron chi connectivity index (χ1n) is 6.17. The molecule has 0 aromatic carbocycles. The number of carbonyl (C=O) groups is 1. The van der Waals surface area contributed by atoms with E-state index in [2.05, 4.69) is 6.58 Å². The minimum Gasteiger partial charge on any atom is -0.464 e. The van der Waals surface area contributed by atoms with E-state index in [0.717, 1.165) is 18.4 Å². The van der Waals surface area contributed by atoms with Crippen LogP contribution in [-0.4, -0.2) is 23.8 Å². The van der Waals surface area contributed by atoms with Crippen molar-refractivity contribution in [3.63, 3.8) is 0 Å². The van der Waals surface area contributed by atoms with Gasteiger partial charge in [0.2, 0.25) is 0 Å². The maximum absolute atomic E-state index is 11.2. The number of aliphatic hydroxyl groups is 1. The molecule has 0 saturated heterocycles. The lowest BCUT2D eigenvalue weighted by atomic mass is 9.82. The summed E-state index contributed by atoms with van der Waals surface area (Å²) >= 11 is 0. The molecule has 1 aliphatic rings. The Balaban J connectivity index is 2.34. The Morgan fingerprint density at radius 1 is 1.44 bits per heavy atom. The van der Waals surface area contributed by atoms with Crippen molar-refractivity contribution in [2.45, 2.75) is 51.6 Å². The van der Waals surface area contributed by atoms with Crippen molar-refractivity contribution in [3.05, 3.63) is 12.2 Å². The molecule has 3 nitrogen and oxygen atoms in total. The van der Waals surface area contributed by atoms with Crippen LogP contribution in [0.5, 0.6) is 0 Å². The fourth-order valence-electron chi connectivity index (χ4n) is 2.25. The van der Waals surface area contributed by atoms with Gasteiger partial charge in [-0.05, 0) is 25.7 Å². The third-order valence-electron chi connectivity index (χ3n) is 3.20. The van der Waals surface area contributed by atoms with E-state index >= 15 is 0 Å². The van der Waals surface area contributed by atoms with E-state index < -0.39 is 12.1 Å². The lowest BCUT2D eigenvalue weighted by Gasteiger charge is -2.24. The molecule has 1 atom stereocenters. The van der Waals surface area contributed by atoms with Crippen molar-refractivity contribution in [2.75, 3.05) is 6.61 Å². The molecular formula is C13H22O3. The molecule has 0 radical (unpaired) electrons. The molecule has 92 valence electrons. The number of hydrogen-bond donors (Lipinski definition) is 1. The van der Waals surface area contributed by atoms with Gasteiger partial charge >= 0.3 is 5.97 Å². The second-order valence-electron chi connectivity index (χ2n) is 4.47. The number of ether oxygens (including phenoxy) is 1. The molecule has 1 rings (SSSR count). The second-order valence-corrected chi connectivity index (χ2v) is 4.47. The Hall–Kier alpha value is -0.830. The van der Waals surface area contributed by atoms with Crippen molar-refractivity contribution in [1.29, 1.82) is 0 Å². The minimum atomic E-state index is -1.03. The van der Waals surface area contributed by atoms with E-state index in [1.165, 1.54) is 19.3 Å². The summed E-state index contributed by atoms with van der Waals surface area (Å²) in [6, 6.07) is 0. The summed E-state index contributed by atoms with van der Waals surface area (Å²) < 4.78 is 4.76. The normalized spacial score (nSPS) is 19.1. The van der Waals surface area contributed by atoms with Crippen molar-refractivity contribution >= 4 is 5.97 Å². The van der Waals surface area contributed by atoms with E-state index in [9.17, 15) is 9.90 Å². The molecule has 0 aromatic heterocycles. The Bertz CT molecular complexity index is 242. The van der Waals surface area contributed by atoms with Crippen LogP contribution >= 0.6 is 0 Å². The first-order valence-corrected chi connectivity index (χ1v) is 6.17. The molecule has 0 unspecified atom stereocenters. The lowest BCUT2D eigenvalue weighted by molar-refractivity contribution is -0.152. The number of rotatable bonds is 5. The molecule has 16 heavy (non-hydrogen) atoms. The van der Waals surface area contributed by atoms with Gasteiger partial charge in [0.1, 0.15) is 0 Å². The van der Waals surface area contributed by atoms with Crippen LogP contribution in [0.25, 0.3) is 0 Å². The van der Waals surface area contributed by atoms with Crippen molar-refractivity contribution < 1.29 is 14.6 Å². The van der Waals surface area contributed by atoms with Gasteiger partial charge in [-0.15, -0.1) is 0 Å². The third kappa shape index (κ3) is 3.97. The van der Waals surface area contributed by atoms with E-state index in [4.69, 9.17) is 4.74 Å². The zero-order valence-corrected chi connectivity index (χ0v) is 10.1. The maximum atomic E-state index is 11.2. The Morgan fingerprint density at radius 2 is 2.06 bits per heavy atom. The van der Waals surface area contributed by atoms with Gasteiger partial charge in [-0.25, -0.2) is 4.79 Å². The average molecular weight is 226 g/mol. The number of hydrogen-bond acceptors (Lipinski definition) is 3. The van der Waals surface area contributed by atoms with Gasteiger partial charge in [0.25, 0.3) is 0 Å². The summed E-state index contributed by atoms with van der Waals surface area (Å²) in [6.45, 7) is 6.04. The quantitative estimate of drug-likeness (QED) is 0.578. The highest BCUT2D eigenvalue weighted by molar-refractivity contribution is 5.74. The molecule has 1 fully saturated rings. The van der Waals surface area contributed by atoms with Crippen LogP contribution < -0.4 is 0 Å². The maximum Gasteiger partial charge on any atom is 0.335 e. The molecule has 3 heteroatoms. The molecule has 0 aliphatic heterocycles. The summed E-state index contributed by atoms with van der Waals surface area (Å²) in [4.78, 5) is 11.2. The molecular weight excluding hydrogens is 204 g/mol. The predicted octanol–water partition coefficient (Wildman–Crippen LogP) is 2.44. The largest absolute Gasteiger partial charge is 0.464 e. The summed E-state index contributed by atoms with van der Waals surface area (Å²) in [5.41, 5.74) is 1.00. The molecule has 0 aromatic rings. The van der Waals surface area contributed by atoms with Crippen molar-refractivity contribution in [3.8, 4) is 0 Å². The van der Waals surface area contributed by atoms with Crippen LogP contribution in [-0.2, 0) is 9.53 Å². The summed E-state index contributed by atoms with van der Waals surface area (Å²) in [7, 11) is 0. The highest BCUT2D eigenvalue weighted by Gasteiger charge is 2.22. The van der Waals surface area contributed by atoms with Crippen LogP contribution in [0.3, 0.4) is 0 Å². The van der Waals surface area contributed by atoms with Crippen LogP contribution in [0.1, 0.15) is 45.4 Å². The minimum absolute atomic E-state index is 0.311. The molecule has 0 spiro atoms. The van der Waals surface area contributed by atoms with Gasteiger partial charge in [0.15, 0.2) is 6.10 Å². The van der Waals surface area contributed by atoms with Crippen LogP contribution in [0.2, 0.25) is 0 Å². The standard InChI is InChI=1S/C13H22O3/c1-3-16-13(15)12(14)9-10(2)11-7-5-4-6-8-11/h11-12,14H,2-9H2,1H3/t12-/m0/s1. The number of carbonyl (C=O) groups excluding carboxylic acids is 1. The fraction of sp³-hybridized carbons (Fsp3) is 0.769. The number of aliphatic hydroxyl groups excluding tert-OH is 1. The van der Waals surface area contributed by atoms with E-state index in [1.54, 1.807) is 6.92 Å². The van der Waals surface area contributed by atoms with Crippen molar-refractivity contribution in [2.24, 2.45) is 5.92 Å². The molecule has 1 N–H and O–H groups in total. The Kier molecular flexibility index (Phi) is 5.53. The summed E-state index contributed by atoms with van der Waals surface area (Å²) in [5.74, 6) is -0.0442. The summed E-state index contributed by atoms with van der Waals surface area (Å²) in [6.07, 6.45) is 5.38. The smallest absolute Gasteiger partial charge is 0.335 e. The zero-order chi connectivity index (χ0) is 12.0. The SMILES string of the molecule is C=C(C[C@H](O)C(=O)OCC)C1CCCCC1. The van der Waals surface area contributed by atoms with Gasteiger partial charge < -0.3 is 9.84 Å². The van der Waals surface area contributed by atoms with Crippen LogP contribution in [0.15, 0.2) is 12.2 Å². The van der Waals surface area contributed by atoms with E-state index in [1.807, 2.05) is 0 Å². The molecule has 1 aliphatic carbocycles. The summed E-state index contributed by atoms with van der Waals surface area (Å²) in [5, 5.41) is 9.61. The Morgan fingerprint density at radius 3 is 2.62 bits per heavy atom. The topological polar surface area (TPSA) is 46.5 Å². The zero-order valence-electron chi connectivity index (χ0n) is 10.1. The predicted molar refractivity (Wildman–Crippen MR) is 63.0 cm³/mol. The fourth-order valence-corrected chi connectivity index (χ4v) is 2.25. The van der Waals surface area contributed by atoms with E-state index in [-0.39, 0.29) is 0 Å². The average Bonchev–Trinajstić information content (AvgIpc) is 2.30. The number of esters is 1. The lowest BCUT2D eigenvalue weighted by Crippen LogP contribution is -2.25. The molecule has 0 bridgehead atoms. The molecule has 0 amide bonds. The second kappa shape index (κ2) is 6.69. The first kappa shape index (κ1) is 13.2. The molecule has 0 heterocycles. The van der Waals surface area contributed by atoms with Gasteiger partial charge in [-0.2, -0.15) is 0 Å². The first-order chi connectivity index (χ1) is 7.65. The monoisotopic (exact) mass is 226 g/mol.